The van der Waals surface area contributed by atoms with E-state index in [1.165, 1.54) is 12.3 Å². The number of hydrogen-bond acceptors (Lipinski definition) is 5. The number of nitrogens with one attached hydrogen (secondary N) is 1. The third-order valence-corrected chi connectivity index (χ3v) is 2.99. The normalized spacial score (nSPS) is 10.2. The fourth-order valence-corrected chi connectivity index (χ4v) is 1.92. The Kier molecular flexibility index (Phi) is 5.80. The molecule has 0 radical (unpaired) electrons. The van der Waals surface area contributed by atoms with Crippen LogP contribution in [0, 0.1) is 0 Å². The van der Waals surface area contributed by atoms with Gasteiger partial charge in [0.05, 0.1) is 13.2 Å². The van der Waals surface area contributed by atoms with Crippen molar-refractivity contribution in [3.63, 3.8) is 0 Å². The van der Waals surface area contributed by atoms with Crippen LogP contribution in [0.15, 0.2) is 36.5 Å². The molecule has 6 nitrogen and oxygen atoms in total. The molecule has 0 bridgehead atoms. The van der Waals surface area contributed by atoms with Crippen molar-refractivity contribution in [3.05, 3.63) is 42.1 Å². The van der Waals surface area contributed by atoms with Gasteiger partial charge in [0, 0.05) is 11.8 Å². The predicted octanol–water partition coefficient (Wildman–Crippen LogP) is 3.23. The van der Waals surface area contributed by atoms with Gasteiger partial charge in [-0.1, -0.05) is 6.92 Å². The Morgan fingerprint density at radius 2 is 2.04 bits per heavy atom. The van der Waals surface area contributed by atoms with Crippen molar-refractivity contribution in [3.8, 4) is 17.2 Å². The van der Waals surface area contributed by atoms with E-state index in [1.54, 1.807) is 24.3 Å². The summed E-state index contributed by atoms with van der Waals surface area (Å²) in [6.45, 7) is 4.92. The highest BCUT2D eigenvalue weighted by atomic mass is 16.5. The zero-order valence-corrected chi connectivity index (χ0v) is 13.2. The molecule has 0 aliphatic carbocycles. The van der Waals surface area contributed by atoms with E-state index in [4.69, 9.17) is 9.47 Å². The van der Waals surface area contributed by atoms with Crippen LogP contribution < -0.4 is 14.8 Å². The van der Waals surface area contributed by atoms with Crippen LogP contribution in [-0.2, 0) is 0 Å². The van der Waals surface area contributed by atoms with E-state index in [-0.39, 0.29) is 17.5 Å². The third kappa shape index (κ3) is 4.35. The summed E-state index contributed by atoms with van der Waals surface area (Å²) < 4.78 is 11.1. The van der Waals surface area contributed by atoms with Gasteiger partial charge < -0.3 is 19.9 Å². The molecule has 0 aliphatic rings. The molecule has 0 saturated carbocycles. The fourth-order valence-electron chi connectivity index (χ4n) is 1.92. The molecule has 1 amide bonds. The summed E-state index contributed by atoms with van der Waals surface area (Å²) >= 11 is 0. The molecule has 2 rings (SSSR count). The summed E-state index contributed by atoms with van der Waals surface area (Å²) in [7, 11) is 0. The first-order valence-electron chi connectivity index (χ1n) is 7.50. The molecule has 0 spiro atoms. The monoisotopic (exact) mass is 316 g/mol. The summed E-state index contributed by atoms with van der Waals surface area (Å²) in [5.74, 6) is 0.752. The molecule has 1 heterocycles. The van der Waals surface area contributed by atoms with Gasteiger partial charge in [-0.3, -0.25) is 4.79 Å². The van der Waals surface area contributed by atoms with Crippen LogP contribution in [0.4, 0.5) is 5.82 Å². The summed E-state index contributed by atoms with van der Waals surface area (Å²) in [6, 6.07) is 7.99. The second kappa shape index (κ2) is 8.03. The summed E-state index contributed by atoms with van der Waals surface area (Å²) in [6.07, 6.45) is 2.37. The number of hydrogen-bond donors (Lipinski definition) is 2. The number of ether oxygens (including phenoxy) is 2. The van der Waals surface area contributed by atoms with E-state index in [1.807, 2.05) is 13.8 Å². The van der Waals surface area contributed by atoms with E-state index in [9.17, 15) is 9.90 Å². The SMILES string of the molecule is CCCOc1ccc(C(=O)Nc2ncccc2O)cc1OCC. The van der Waals surface area contributed by atoms with Crippen molar-refractivity contribution in [1.29, 1.82) is 0 Å². The van der Waals surface area contributed by atoms with Crippen LogP contribution >= 0.6 is 0 Å². The molecule has 1 aromatic carbocycles. The molecule has 0 saturated heterocycles. The second-order valence-corrected chi connectivity index (χ2v) is 4.77. The van der Waals surface area contributed by atoms with E-state index >= 15 is 0 Å². The van der Waals surface area contributed by atoms with Crippen molar-refractivity contribution in [2.24, 2.45) is 0 Å². The van der Waals surface area contributed by atoms with Gasteiger partial charge in [0.15, 0.2) is 23.1 Å². The van der Waals surface area contributed by atoms with Gasteiger partial charge in [-0.05, 0) is 43.7 Å². The van der Waals surface area contributed by atoms with Crippen molar-refractivity contribution < 1.29 is 19.4 Å². The van der Waals surface area contributed by atoms with Gasteiger partial charge in [-0.25, -0.2) is 4.98 Å². The molecule has 23 heavy (non-hydrogen) atoms. The van der Waals surface area contributed by atoms with Crippen LogP contribution in [0.3, 0.4) is 0 Å². The van der Waals surface area contributed by atoms with Crippen molar-refractivity contribution in [2.75, 3.05) is 18.5 Å². The lowest BCUT2D eigenvalue weighted by atomic mass is 10.2. The lowest BCUT2D eigenvalue weighted by molar-refractivity contribution is 0.102. The fraction of sp³-hybridized carbons (Fsp3) is 0.294. The summed E-state index contributed by atoms with van der Waals surface area (Å²) in [4.78, 5) is 16.2. The minimum absolute atomic E-state index is 0.0891. The highest BCUT2D eigenvalue weighted by Gasteiger charge is 2.13. The molecular formula is C17H20N2O4. The van der Waals surface area contributed by atoms with Gasteiger partial charge >= 0.3 is 0 Å². The van der Waals surface area contributed by atoms with Crippen LogP contribution in [0.1, 0.15) is 30.6 Å². The number of anilines is 1. The van der Waals surface area contributed by atoms with E-state index < -0.39 is 0 Å². The molecule has 0 unspecified atom stereocenters. The number of benzene rings is 1. The quantitative estimate of drug-likeness (QED) is 0.819. The highest BCUT2D eigenvalue weighted by molar-refractivity contribution is 6.04. The predicted molar refractivity (Wildman–Crippen MR) is 87.3 cm³/mol. The first-order valence-corrected chi connectivity index (χ1v) is 7.50. The number of carbonyl (C=O) groups is 1. The molecule has 2 aromatic rings. The maximum atomic E-state index is 12.3. The van der Waals surface area contributed by atoms with E-state index in [2.05, 4.69) is 10.3 Å². The van der Waals surface area contributed by atoms with Gasteiger partial charge in [0.2, 0.25) is 0 Å². The van der Waals surface area contributed by atoms with Crippen LogP contribution in [0.25, 0.3) is 0 Å². The lowest BCUT2D eigenvalue weighted by Crippen LogP contribution is -2.13. The minimum Gasteiger partial charge on any atom is -0.504 e. The van der Waals surface area contributed by atoms with Gasteiger partial charge in [0.1, 0.15) is 0 Å². The van der Waals surface area contributed by atoms with Gasteiger partial charge in [-0.15, -0.1) is 0 Å². The Labute approximate surface area is 135 Å². The Bertz CT molecular complexity index is 673. The van der Waals surface area contributed by atoms with Crippen LogP contribution in [0.2, 0.25) is 0 Å². The highest BCUT2D eigenvalue weighted by Crippen LogP contribution is 2.29. The molecule has 0 aliphatic heterocycles. The smallest absolute Gasteiger partial charge is 0.257 e. The average Bonchev–Trinajstić information content (AvgIpc) is 2.56. The zero-order valence-electron chi connectivity index (χ0n) is 13.2. The molecule has 0 fully saturated rings. The van der Waals surface area contributed by atoms with Crippen molar-refractivity contribution >= 4 is 11.7 Å². The summed E-state index contributed by atoms with van der Waals surface area (Å²) in [5, 5.41) is 12.2. The number of carbonyl (C=O) groups excluding carboxylic acids is 1. The first kappa shape index (κ1) is 16.6. The summed E-state index contributed by atoms with van der Waals surface area (Å²) in [5.41, 5.74) is 0.391. The number of rotatable bonds is 7. The molecule has 6 heteroatoms. The number of amides is 1. The lowest BCUT2D eigenvalue weighted by Gasteiger charge is -2.13. The Hall–Kier alpha value is -2.76. The molecule has 122 valence electrons. The number of nitrogens with zero attached hydrogens (tertiary/aromatic N) is 1. The Balaban J connectivity index is 2.20. The standard InChI is InChI=1S/C17H20N2O4/c1-3-10-23-14-8-7-12(11-15(14)22-4-2)17(21)19-16-13(20)6-5-9-18-16/h5-9,11,20H,3-4,10H2,1-2H3,(H,18,19,21). The van der Waals surface area contributed by atoms with Crippen LogP contribution in [0.5, 0.6) is 17.2 Å². The molecule has 0 atom stereocenters. The van der Waals surface area contributed by atoms with Crippen LogP contribution in [-0.4, -0.2) is 29.2 Å². The van der Waals surface area contributed by atoms with Crippen molar-refractivity contribution in [2.45, 2.75) is 20.3 Å². The van der Waals surface area contributed by atoms with E-state index in [0.717, 1.165) is 6.42 Å². The maximum absolute atomic E-state index is 12.3. The number of aromatic nitrogens is 1. The Morgan fingerprint density at radius 1 is 1.22 bits per heavy atom. The largest absolute Gasteiger partial charge is 0.504 e. The maximum Gasteiger partial charge on any atom is 0.257 e. The molecular weight excluding hydrogens is 296 g/mol. The number of pyridine rings is 1. The van der Waals surface area contributed by atoms with Gasteiger partial charge in [0.25, 0.3) is 5.91 Å². The zero-order chi connectivity index (χ0) is 16.7. The Morgan fingerprint density at radius 3 is 2.74 bits per heavy atom. The average molecular weight is 316 g/mol. The van der Waals surface area contributed by atoms with E-state index in [0.29, 0.717) is 30.3 Å². The first-order chi connectivity index (χ1) is 11.2. The minimum atomic E-state index is -0.387. The second-order valence-electron chi connectivity index (χ2n) is 4.77. The van der Waals surface area contributed by atoms with Gasteiger partial charge in [-0.2, -0.15) is 0 Å². The topological polar surface area (TPSA) is 80.7 Å². The third-order valence-electron chi connectivity index (χ3n) is 2.99. The molecule has 2 N–H and O–H groups in total. The number of aromatic hydroxyl groups is 1. The molecule has 1 aromatic heterocycles. The van der Waals surface area contributed by atoms with Crippen molar-refractivity contribution in [1.82, 2.24) is 4.98 Å².